The van der Waals surface area contributed by atoms with Crippen LogP contribution >= 0.6 is 0 Å². The van der Waals surface area contributed by atoms with Crippen LogP contribution in [0.3, 0.4) is 0 Å². The molecule has 0 radical (unpaired) electrons. The summed E-state index contributed by atoms with van der Waals surface area (Å²) in [5.41, 5.74) is 0.821. The Bertz CT molecular complexity index is 858. The number of piperidine rings is 1. The van der Waals surface area contributed by atoms with Gasteiger partial charge < -0.3 is 19.7 Å². The predicted octanol–water partition coefficient (Wildman–Crippen LogP) is 3.73. The number of anilines is 1. The number of nitrogens with one attached hydrogen (secondary N) is 1. The number of hydrogen-bond donors (Lipinski definition) is 1. The molecule has 2 amide bonds. The lowest BCUT2D eigenvalue weighted by Gasteiger charge is -2.43. The molecule has 6 nitrogen and oxygen atoms in total. The lowest BCUT2D eigenvalue weighted by Crippen LogP contribution is -2.53. The molecule has 0 aromatic heterocycles. The van der Waals surface area contributed by atoms with Crippen LogP contribution < -0.4 is 14.8 Å². The van der Waals surface area contributed by atoms with Crippen molar-refractivity contribution < 1.29 is 19.1 Å². The van der Waals surface area contributed by atoms with E-state index in [1.54, 1.807) is 30.2 Å². The standard InChI is InChI=1S/C21H22N2O4/c1-26-16-7-8-19-17(13-16)18(24)14-21(27-19)9-11-23(12-10-21)20(25)22-15-5-3-2-4-6-15/h2-8,13H,9-12,14H2,1H3,(H,22,25). The number of methoxy groups -OCH3 is 1. The van der Waals surface area contributed by atoms with Crippen molar-refractivity contribution in [2.45, 2.75) is 24.9 Å². The predicted molar refractivity (Wildman–Crippen MR) is 102 cm³/mol. The number of ketones is 1. The van der Waals surface area contributed by atoms with Crippen molar-refractivity contribution in [1.82, 2.24) is 4.90 Å². The summed E-state index contributed by atoms with van der Waals surface area (Å²) in [5.74, 6) is 1.32. The number of likely N-dealkylation sites (tertiary alicyclic amines) is 1. The van der Waals surface area contributed by atoms with Gasteiger partial charge in [-0.1, -0.05) is 18.2 Å². The first-order valence-electron chi connectivity index (χ1n) is 9.10. The van der Waals surface area contributed by atoms with E-state index < -0.39 is 5.60 Å². The lowest BCUT2D eigenvalue weighted by molar-refractivity contribution is 0.000319. The van der Waals surface area contributed by atoms with Crippen LogP contribution in [0, 0.1) is 0 Å². The van der Waals surface area contributed by atoms with Crippen molar-refractivity contribution in [2.24, 2.45) is 0 Å². The number of amides is 2. The smallest absolute Gasteiger partial charge is 0.321 e. The summed E-state index contributed by atoms with van der Waals surface area (Å²) in [6, 6.07) is 14.6. The van der Waals surface area contributed by atoms with E-state index in [4.69, 9.17) is 9.47 Å². The number of rotatable bonds is 2. The van der Waals surface area contributed by atoms with E-state index >= 15 is 0 Å². The second-order valence-electron chi connectivity index (χ2n) is 7.03. The van der Waals surface area contributed by atoms with Crippen molar-refractivity contribution in [3.8, 4) is 11.5 Å². The fourth-order valence-electron chi connectivity index (χ4n) is 3.72. The topological polar surface area (TPSA) is 67.9 Å². The van der Waals surface area contributed by atoms with Gasteiger partial charge in [0.25, 0.3) is 0 Å². The maximum Gasteiger partial charge on any atom is 0.321 e. The van der Waals surface area contributed by atoms with E-state index in [0.29, 0.717) is 49.4 Å². The van der Waals surface area contributed by atoms with Gasteiger partial charge in [-0.15, -0.1) is 0 Å². The SMILES string of the molecule is COc1ccc2c(c1)C(=O)CC1(CCN(C(=O)Nc3ccccc3)CC1)O2. The third-order valence-corrected chi connectivity index (χ3v) is 5.28. The lowest BCUT2D eigenvalue weighted by atomic mass is 9.82. The summed E-state index contributed by atoms with van der Waals surface area (Å²) < 4.78 is 11.4. The number of hydrogen-bond acceptors (Lipinski definition) is 4. The fourth-order valence-corrected chi connectivity index (χ4v) is 3.72. The number of fused-ring (bicyclic) bond motifs is 1. The van der Waals surface area contributed by atoms with Crippen LogP contribution in [0.1, 0.15) is 29.6 Å². The van der Waals surface area contributed by atoms with E-state index in [9.17, 15) is 9.59 Å². The van der Waals surface area contributed by atoms with Gasteiger partial charge >= 0.3 is 6.03 Å². The minimum Gasteiger partial charge on any atom is -0.497 e. The average Bonchev–Trinajstić information content (AvgIpc) is 2.69. The number of ether oxygens (including phenoxy) is 2. The molecule has 2 aliphatic heterocycles. The van der Waals surface area contributed by atoms with Crippen molar-refractivity contribution in [3.05, 3.63) is 54.1 Å². The summed E-state index contributed by atoms with van der Waals surface area (Å²) in [6.45, 7) is 1.11. The molecule has 6 heteroatoms. The molecule has 1 fully saturated rings. The molecule has 0 atom stereocenters. The van der Waals surface area contributed by atoms with E-state index in [1.807, 2.05) is 30.3 Å². The quantitative estimate of drug-likeness (QED) is 0.879. The maximum atomic E-state index is 12.7. The van der Waals surface area contributed by atoms with Gasteiger partial charge in [0.05, 0.1) is 19.1 Å². The molecule has 0 bridgehead atoms. The highest BCUT2D eigenvalue weighted by Crippen LogP contribution is 2.40. The molecule has 27 heavy (non-hydrogen) atoms. The second kappa shape index (κ2) is 6.95. The van der Waals surface area contributed by atoms with E-state index in [0.717, 1.165) is 5.69 Å². The van der Waals surface area contributed by atoms with Gasteiger partial charge in [0.1, 0.15) is 17.1 Å². The highest BCUT2D eigenvalue weighted by Gasteiger charge is 2.43. The number of para-hydroxylation sites is 1. The number of nitrogens with zero attached hydrogens (tertiary/aromatic N) is 1. The van der Waals surface area contributed by atoms with E-state index in [-0.39, 0.29) is 11.8 Å². The summed E-state index contributed by atoms with van der Waals surface area (Å²) in [7, 11) is 1.58. The Morgan fingerprint density at radius 3 is 2.59 bits per heavy atom. The Hall–Kier alpha value is -3.02. The first kappa shape index (κ1) is 17.4. The molecular weight excluding hydrogens is 344 g/mol. The van der Waals surface area contributed by atoms with Crippen molar-refractivity contribution in [3.63, 3.8) is 0 Å². The van der Waals surface area contributed by atoms with E-state index in [1.165, 1.54) is 0 Å². The molecule has 0 saturated carbocycles. The van der Waals surface area contributed by atoms with Crippen molar-refractivity contribution in [2.75, 3.05) is 25.5 Å². The normalized spacial score (nSPS) is 17.8. The highest BCUT2D eigenvalue weighted by atomic mass is 16.5. The zero-order valence-corrected chi connectivity index (χ0v) is 15.2. The minimum absolute atomic E-state index is 0.0670. The van der Waals surface area contributed by atoms with Crippen LogP contribution in [0.2, 0.25) is 0 Å². The molecule has 4 rings (SSSR count). The van der Waals surface area contributed by atoms with Crippen LogP contribution in [0.5, 0.6) is 11.5 Å². The summed E-state index contributed by atoms with van der Waals surface area (Å²) >= 11 is 0. The third-order valence-electron chi connectivity index (χ3n) is 5.28. The van der Waals surface area contributed by atoms with Gasteiger partial charge in [-0.05, 0) is 30.3 Å². The number of carbonyl (C=O) groups is 2. The highest BCUT2D eigenvalue weighted by molar-refractivity contribution is 6.00. The van der Waals surface area contributed by atoms with Crippen molar-refractivity contribution >= 4 is 17.5 Å². The Morgan fingerprint density at radius 2 is 1.89 bits per heavy atom. The van der Waals surface area contributed by atoms with Gasteiger partial charge in [0, 0.05) is 31.6 Å². The molecule has 1 saturated heterocycles. The molecule has 2 aromatic rings. The number of carbonyl (C=O) groups excluding carboxylic acids is 2. The van der Waals surface area contributed by atoms with Crippen LogP contribution in [0.4, 0.5) is 10.5 Å². The average molecular weight is 366 g/mol. The minimum atomic E-state index is -0.526. The molecule has 1 spiro atoms. The van der Waals surface area contributed by atoms with Gasteiger partial charge in [-0.2, -0.15) is 0 Å². The van der Waals surface area contributed by atoms with E-state index in [2.05, 4.69) is 5.32 Å². The Kier molecular flexibility index (Phi) is 4.48. The first-order chi connectivity index (χ1) is 13.1. The third kappa shape index (κ3) is 3.47. The molecule has 0 unspecified atom stereocenters. The molecule has 0 aliphatic carbocycles. The van der Waals surface area contributed by atoms with Gasteiger partial charge in [-0.3, -0.25) is 4.79 Å². The van der Waals surface area contributed by atoms with Gasteiger partial charge in [0.15, 0.2) is 5.78 Å². The zero-order valence-electron chi connectivity index (χ0n) is 15.2. The van der Waals surface area contributed by atoms with Crippen molar-refractivity contribution in [1.29, 1.82) is 0 Å². The molecule has 2 aromatic carbocycles. The number of urea groups is 1. The summed E-state index contributed by atoms with van der Waals surface area (Å²) in [5, 5.41) is 2.91. The Balaban J connectivity index is 1.42. The van der Waals surface area contributed by atoms with Crippen LogP contribution in [-0.4, -0.2) is 42.5 Å². The van der Waals surface area contributed by atoms with Gasteiger partial charge in [0.2, 0.25) is 0 Å². The molecular formula is C21H22N2O4. The van der Waals surface area contributed by atoms with Crippen LogP contribution in [-0.2, 0) is 0 Å². The van der Waals surface area contributed by atoms with Crippen LogP contribution in [0.25, 0.3) is 0 Å². The molecule has 2 heterocycles. The summed E-state index contributed by atoms with van der Waals surface area (Å²) in [6.07, 6.45) is 1.60. The Labute approximate surface area is 158 Å². The number of benzene rings is 2. The maximum absolute atomic E-state index is 12.7. The first-order valence-corrected chi connectivity index (χ1v) is 9.10. The molecule has 140 valence electrons. The molecule has 1 N–H and O–H groups in total. The molecule has 2 aliphatic rings. The van der Waals surface area contributed by atoms with Gasteiger partial charge in [-0.25, -0.2) is 4.79 Å². The Morgan fingerprint density at radius 1 is 1.15 bits per heavy atom. The zero-order chi connectivity index (χ0) is 18.9. The number of Topliss-reactive ketones (excluding diaryl/α,β-unsaturated/α-hetero) is 1. The fraction of sp³-hybridized carbons (Fsp3) is 0.333. The largest absolute Gasteiger partial charge is 0.497 e. The summed E-state index contributed by atoms with van der Waals surface area (Å²) in [4.78, 5) is 26.9. The monoisotopic (exact) mass is 366 g/mol. The second-order valence-corrected chi connectivity index (χ2v) is 7.03. The van der Waals surface area contributed by atoms with Crippen LogP contribution in [0.15, 0.2) is 48.5 Å².